The van der Waals surface area contributed by atoms with E-state index in [2.05, 4.69) is 21.3 Å². The lowest BCUT2D eigenvalue weighted by atomic mass is 9.89. The quantitative estimate of drug-likeness (QED) is 0.114. The lowest BCUT2D eigenvalue weighted by molar-refractivity contribution is -0.130. The Morgan fingerprint density at radius 1 is 0.565 bits per heavy atom. The number of hydrogen-bond donors (Lipinski definition) is 6. The highest BCUT2D eigenvalue weighted by Crippen LogP contribution is 2.22. The van der Waals surface area contributed by atoms with E-state index in [-0.39, 0.29) is 102 Å². The molecule has 0 aliphatic carbocycles. The predicted molar refractivity (Wildman–Crippen MR) is 280 cm³/mol. The van der Waals surface area contributed by atoms with Gasteiger partial charge in [0.05, 0.1) is 61.5 Å². The topological polar surface area (TPSA) is 197 Å². The van der Waals surface area contributed by atoms with Crippen molar-refractivity contribution >= 4 is 34.7 Å². The Labute approximate surface area is 425 Å². The lowest BCUT2D eigenvalue weighted by Crippen LogP contribution is -2.50. The van der Waals surface area contributed by atoms with Crippen molar-refractivity contribution in [1.29, 1.82) is 0 Å². The number of Topliss-reactive ketones (excluding diaryl/α,β-unsaturated/α-hetero) is 6. The Kier molecular flexibility index (Phi) is 29.1. The second-order valence-corrected chi connectivity index (χ2v) is 20.5. The van der Waals surface area contributed by atoms with Gasteiger partial charge in [-0.05, 0) is 142 Å². The van der Waals surface area contributed by atoms with Gasteiger partial charge in [-0.2, -0.15) is 0 Å². The number of nitrogens with one attached hydrogen (secondary N) is 4. The van der Waals surface area contributed by atoms with E-state index in [1.807, 2.05) is 83.7 Å². The van der Waals surface area contributed by atoms with Crippen molar-refractivity contribution in [2.45, 2.75) is 214 Å². The molecule has 2 heterocycles. The summed E-state index contributed by atoms with van der Waals surface area (Å²) in [6.45, 7) is 14.9. The van der Waals surface area contributed by atoms with E-state index in [1.165, 1.54) is 0 Å². The largest absolute Gasteiger partial charge is 0.391 e. The SMILES string of the molecule is [2H]C([2H])([2H])CCC=CC[C@@H](C)C(O)[C@H]1C(=O)CCCN[C@@H](C(C)C)C(=O)CN[C@@H](C)C(=O)CCCCN1C.[2H]C([2H])CC=CC[C@@H](C)C(O)[C@H]1C(=O)CCCN[C@@H](C(C)C)C(=O)CNC(C)C(=O)CCCCN1C. The fourth-order valence-corrected chi connectivity index (χ4v) is 8.98. The van der Waals surface area contributed by atoms with Crippen molar-refractivity contribution < 1.29 is 45.8 Å². The number of allylic oxidation sites excluding steroid dienone is 4. The average Bonchev–Trinajstić information content (AvgIpc) is 3.32. The summed E-state index contributed by atoms with van der Waals surface area (Å²) >= 11 is 0. The van der Waals surface area contributed by atoms with Crippen LogP contribution in [0.1, 0.15) is 172 Å². The number of rotatable bonds is 13. The number of aliphatic hydroxyl groups excluding tert-OH is 2. The van der Waals surface area contributed by atoms with Crippen LogP contribution >= 0.6 is 0 Å². The summed E-state index contributed by atoms with van der Waals surface area (Å²) in [6.07, 6.45) is 12.9. The number of carbonyl (C=O) groups is 6. The van der Waals surface area contributed by atoms with Crippen LogP contribution in [0.3, 0.4) is 0 Å². The Hall–Kier alpha value is -2.82. The molecular formula is C55H100N6O8. The molecule has 2 saturated heterocycles. The summed E-state index contributed by atoms with van der Waals surface area (Å²) in [4.78, 5) is 81.0. The van der Waals surface area contributed by atoms with E-state index < -0.39 is 44.1 Å². The zero-order valence-electron chi connectivity index (χ0n) is 49.4. The summed E-state index contributed by atoms with van der Waals surface area (Å²) in [5.74, 6) is -0.131. The smallest absolute Gasteiger partial charge is 0.163 e. The van der Waals surface area contributed by atoms with E-state index in [0.717, 1.165) is 6.42 Å². The van der Waals surface area contributed by atoms with Gasteiger partial charge in [0.15, 0.2) is 23.1 Å². The van der Waals surface area contributed by atoms with Crippen LogP contribution in [0, 0.1) is 23.7 Å². The first-order valence-corrected chi connectivity index (χ1v) is 26.2. The molecule has 2 aliphatic heterocycles. The van der Waals surface area contributed by atoms with Gasteiger partial charge >= 0.3 is 0 Å². The van der Waals surface area contributed by atoms with Crippen LogP contribution in [0.4, 0.5) is 0 Å². The maximum atomic E-state index is 13.3. The summed E-state index contributed by atoms with van der Waals surface area (Å²) in [5, 5.41) is 35.1. The summed E-state index contributed by atoms with van der Waals surface area (Å²) in [5.41, 5.74) is 0. The van der Waals surface area contributed by atoms with Gasteiger partial charge in [0.2, 0.25) is 0 Å². The molecule has 0 saturated carbocycles. The predicted octanol–water partition coefficient (Wildman–Crippen LogP) is 6.20. The third-order valence-corrected chi connectivity index (χ3v) is 13.7. The van der Waals surface area contributed by atoms with Gasteiger partial charge in [0, 0.05) is 32.5 Å². The van der Waals surface area contributed by atoms with Gasteiger partial charge < -0.3 is 31.5 Å². The molecule has 0 spiro atoms. The van der Waals surface area contributed by atoms with E-state index >= 15 is 0 Å². The second kappa shape index (κ2) is 36.1. The van der Waals surface area contributed by atoms with E-state index in [0.29, 0.717) is 103 Å². The molecule has 2 aliphatic rings. The molecule has 0 aromatic carbocycles. The Bertz CT molecular complexity index is 1730. The molecule has 3 unspecified atom stereocenters. The zero-order chi connectivity index (χ0) is 56.1. The van der Waals surface area contributed by atoms with E-state index in [1.54, 1.807) is 19.9 Å². The highest BCUT2D eigenvalue weighted by molar-refractivity contribution is 5.89. The molecule has 2 fully saturated rings. The molecule has 14 nitrogen and oxygen atoms in total. The highest BCUT2D eigenvalue weighted by atomic mass is 16.3. The highest BCUT2D eigenvalue weighted by Gasteiger charge is 2.35. The van der Waals surface area contributed by atoms with Crippen molar-refractivity contribution in [3.8, 4) is 0 Å². The molecule has 0 bridgehead atoms. The molecule has 398 valence electrons. The number of carbonyl (C=O) groups excluding carboxylic acids is 6. The first kappa shape index (κ1) is 55.5. The van der Waals surface area contributed by atoms with Crippen molar-refractivity contribution in [1.82, 2.24) is 31.1 Å². The number of nitrogens with zero attached hydrogens (tertiary/aromatic N) is 2. The Morgan fingerprint density at radius 2 is 0.971 bits per heavy atom. The van der Waals surface area contributed by atoms with Crippen LogP contribution in [0.5, 0.6) is 0 Å². The second-order valence-electron chi connectivity index (χ2n) is 20.5. The zero-order valence-corrected chi connectivity index (χ0v) is 44.4. The number of aliphatic hydroxyl groups is 2. The molecule has 0 aromatic rings. The third-order valence-electron chi connectivity index (χ3n) is 13.7. The van der Waals surface area contributed by atoms with Crippen molar-refractivity contribution in [3.63, 3.8) is 0 Å². The standard InChI is InChI=1S/C28H51N3O4.C27H49N3O4/c1-7-8-9-10-14-21(4)28(35)27-24(33)16-13-17-29-26(20(2)3)25(34)19-30-22(5)23(32)15-11-12-18-31(27)6;1-7-8-9-13-20(4)27(34)26-23(32)15-12-16-28-25(19(2)3)24(33)18-29-21(5)22(31)14-10-11-17-30(26)6/h9-10,20-22,26-30,35H,7-8,11-19H2,1-6H3;8-9,19-21,25-29,34H,7,10-18H2,1-6H3/t21-,22+,26+,27-,28?;20-,21?,25+,26-,27?/m11/s1/i1D3;1D2. The number of hydrogen-bond acceptors (Lipinski definition) is 14. The van der Waals surface area contributed by atoms with Crippen LogP contribution in [-0.2, 0) is 28.8 Å². The minimum Gasteiger partial charge on any atom is -0.391 e. The fraction of sp³-hybridized carbons (Fsp3) is 0.818. The molecule has 0 aromatic heterocycles. The minimum absolute atomic E-state index is 0.00377. The van der Waals surface area contributed by atoms with Crippen molar-refractivity contribution in [3.05, 3.63) is 24.3 Å². The van der Waals surface area contributed by atoms with E-state index in [9.17, 15) is 39.0 Å². The van der Waals surface area contributed by atoms with Gasteiger partial charge in [-0.25, -0.2) is 0 Å². The van der Waals surface area contributed by atoms with Gasteiger partial charge in [0.1, 0.15) is 11.6 Å². The minimum atomic E-state index is -1.95. The number of likely N-dealkylation sites (N-methyl/N-ethyl adjacent to an activating group) is 2. The maximum Gasteiger partial charge on any atom is 0.163 e. The van der Waals surface area contributed by atoms with Gasteiger partial charge in [-0.3, -0.25) is 38.6 Å². The molecule has 6 N–H and O–H groups in total. The molecule has 2 rings (SSSR count). The van der Waals surface area contributed by atoms with Crippen molar-refractivity contribution in [2.75, 3.05) is 53.4 Å². The molecular weight excluding hydrogens is 873 g/mol. The molecule has 69 heavy (non-hydrogen) atoms. The monoisotopic (exact) mass is 978 g/mol. The maximum absolute atomic E-state index is 13.3. The molecule has 14 heteroatoms. The third kappa shape index (κ3) is 24.9. The van der Waals surface area contributed by atoms with E-state index in [4.69, 9.17) is 6.85 Å². The normalized spacial score (nSPS) is 28.8. The fourth-order valence-electron chi connectivity index (χ4n) is 8.98. The van der Waals surface area contributed by atoms with Gasteiger partial charge in [-0.1, -0.05) is 86.0 Å². The van der Waals surface area contributed by atoms with Gasteiger partial charge in [0.25, 0.3) is 0 Å². The molecule has 0 amide bonds. The first-order valence-electron chi connectivity index (χ1n) is 28.9. The van der Waals surface area contributed by atoms with Crippen LogP contribution < -0.4 is 21.3 Å². The van der Waals surface area contributed by atoms with Crippen LogP contribution in [0.25, 0.3) is 0 Å². The Morgan fingerprint density at radius 3 is 1.36 bits per heavy atom. The molecule has 10 atom stereocenters. The summed E-state index contributed by atoms with van der Waals surface area (Å²) < 4.78 is 36.5. The summed E-state index contributed by atoms with van der Waals surface area (Å²) in [7, 11) is 3.70. The van der Waals surface area contributed by atoms with Crippen LogP contribution in [-0.4, -0.2) is 157 Å². The lowest BCUT2D eigenvalue weighted by Gasteiger charge is -2.34. The number of ketones is 6. The summed E-state index contributed by atoms with van der Waals surface area (Å²) in [6, 6.07) is -2.82. The average molecular weight is 978 g/mol. The first-order chi connectivity index (χ1) is 34.7. The van der Waals surface area contributed by atoms with Gasteiger partial charge in [-0.15, -0.1) is 0 Å². The van der Waals surface area contributed by atoms with Crippen LogP contribution in [0.2, 0.25) is 0 Å². The molecule has 0 radical (unpaired) electrons. The van der Waals surface area contributed by atoms with Crippen LogP contribution in [0.15, 0.2) is 24.3 Å². The van der Waals surface area contributed by atoms with Crippen molar-refractivity contribution in [2.24, 2.45) is 23.7 Å². The Balaban J connectivity index is 0.000000741.